The first kappa shape index (κ1) is 12.6. The number of hydrogen-bond acceptors (Lipinski definition) is 3. The van der Waals surface area contributed by atoms with Crippen LogP contribution in [0.5, 0.6) is 5.75 Å². The molecule has 0 radical (unpaired) electrons. The zero-order valence-corrected chi connectivity index (χ0v) is 10.5. The average molecular weight is 244 g/mol. The van der Waals surface area contributed by atoms with E-state index >= 15 is 0 Å². The monoisotopic (exact) mass is 244 g/mol. The third-order valence-corrected chi connectivity index (χ3v) is 2.74. The summed E-state index contributed by atoms with van der Waals surface area (Å²) in [5.74, 6) is 0.727. The van der Waals surface area contributed by atoms with Gasteiger partial charge in [0.05, 0.1) is 6.10 Å². The fraction of sp³-hybridized carbons (Fsp3) is 0.267. The normalized spacial score (nSPS) is 12.4. The van der Waals surface area contributed by atoms with Gasteiger partial charge in [-0.25, -0.2) is 0 Å². The SMILES string of the molecule is CC(=O)c1ccc(OCC(C)O)c2ccccc12. The van der Waals surface area contributed by atoms with Gasteiger partial charge in [0.25, 0.3) is 0 Å². The van der Waals surface area contributed by atoms with Gasteiger partial charge in [-0.2, -0.15) is 0 Å². The number of carbonyl (C=O) groups is 1. The van der Waals surface area contributed by atoms with Gasteiger partial charge in [0.2, 0.25) is 0 Å². The van der Waals surface area contributed by atoms with Crippen LogP contribution >= 0.6 is 0 Å². The first-order chi connectivity index (χ1) is 8.59. The van der Waals surface area contributed by atoms with E-state index in [9.17, 15) is 9.90 Å². The Hall–Kier alpha value is -1.87. The average Bonchev–Trinajstić information content (AvgIpc) is 2.35. The number of carbonyl (C=O) groups excluding carboxylic acids is 1. The minimum absolute atomic E-state index is 0.0354. The van der Waals surface area contributed by atoms with Crippen molar-refractivity contribution in [2.24, 2.45) is 0 Å². The van der Waals surface area contributed by atoms with Gasteiger partial charge in [-0.05, 0) is 31.4 Å². The zero-order valence-electron chi connectivity index (χ0n) is 10.5. The lowest BCUT2D eigenvalue weighted by Gasteiger charge is -2.12. The van der Waals surface area contributed by atoms with E-state index in [0.717, 1.165) is 10.8 Å². The van der Waals surface area contributed by atoms with Crippen molar-refractivity contribution < 1.29 is 14.6 Å². The molecule has 1 N–H and O–H groups in total. The number of benzene rings is 2. The van der Waals surface area contributed by atoms with Gasteiger partial charge >= 0.3 is 0 Å². The van der Waals surface area contributed by atoms with Crippen LogP contribution in [-0.4, -0.2) is 23.6 Å². The maximum atomic E-state index is 11.6. The smallest absolute Gasteiger partial charge is 0.160 e. The number of rotatable bonds is 4. The molecular weight excluding hydrogens is 228 g/mol. The van der Waals surface area contributed by atoms with Crippen LogP contribution in [0.15, 0.2) is 36.4 Å². The molecular formula is C15H16O3. The van der Waals surface area contributed by atoms with Gasteiger partial charge in [0, 0.05) is 10.9 Å². The van der Waals surface area contributed by atoms with E-state index in [1.807, 2.05) is 24.3 Å². The fourth-order valence-electron chi connectivity index (χ4n) is 1.91. The molecule has 2 aromatic rings. The second kappa shape index (κ2) is 5.19. The molecule has 0 fully saturated rings. The van der Waals surface area contributed by atoms with Crippen LogP contribution in [0.4, 0.5) is 0 Å². The summed E-state index contributed by atoms with van der Waals surface area (Å²) in [6, 6.07) is 11.2. The van der Waals surface area contributed by atoms with E-state index in [1.165, 1.54) is 0 Å². The highest BCUT2D eigenvalue weighted by atomic mass is 16.5. The van der Waals surface area contributed by atoms with E-state index in [2.05, 4.69) is 0 Å². The van der Waals surface area contributed by atoms with E-state index in [1.54, 1.807) is 26.0 Å². The maximum Gasteiger partial charge on any atom is 0.160 e. The van der Waals surface area contributed by atoms with Crippen molar-refractivity contribution in [1.29, 1.82) is 0 Å². The van der Waals surface area contributed by atoms with E-state index in [4.69, 9.17) is 4.74 Å². The number of ether oxygens (including phenoxy) is 1. The van der Waals surface area contributed by atoms with Crippen LogP contribution in [0.25, 0.3) is 10.8 Å². The topological polar surface area (TPSA) is 46.5 Å². The first-order valence-electron chi connectivity index (χ1n) is 5.93. The third-order valence-electron chi connectivity index (χ3n) is 2.74. The molecule has 0 aromatic heterocycles. The van der Waals surface area contributed by atoms with Crippen molar-refractivity contribution in [2.75, 3.05) is 6.61 Å². The largest absolute Gasteiger partial charge is 0.490 e. The Morgan fingerprint density at radius 3 is 2.50 bits per heavy atom. The third kappa shape index (κ3) is 2.51. The van der Waals surface area contributed by atoms with Crippen LogP contribution in [0.2, 0.25) is 0 Å². The number of ketones is 1. The Morgan fingerprint density at radius 2 is 1.89 bits per heavy atom. The summed E-state index contributed by atoms with van der Waals surface area (Å²) in [6.07, 6.45) is -0.517. The minimum Gasteiger partial charge on any atom is -0.490 e. The highest BCUT2D eigenvalue weighted by Gasteiger charge is 2.10. The zero-order chi connectivity index (χ0) is 13.1. The Balaban J connectivity index is 2.50. The summed E-state index contributed by atoms with van der Waals surface area (Å²) < 4.78 is 5.55. The number of fused-ring (bicyclic) bond motifs is 1. The van der Waals surface area contributed by atoms with Gasteiger partial charge in [0.15, 0.2) is 5.78 Å². The molecule has 0 saturated heterocycles. The first-order valence-corrected chi connectivity index (χ1v) is 5.93. The molecule has 0 saturated carbocycles. The molecule has 3 heteroatoms. The standard InChI is InChI=1S/C15H16O3/c1-10(16)9-18-15-8-7-12(11(2)17)13-5-3-4-6-14(13)15/h3-8,10,16H,9H2,1-2H3. The van der Waals surface area contributed by atoms with Crippen LogP contribution in [0.3, 0.4) is 0 Å². The molecule has 2 rings (SSSR count). The lowest BCUT2D eigenvalue weighted by molar-refractivity contribution is 0.101. The summed E-state index contributed by atoms with van der Waals surface area (Å²) >= 11 is 0. The number of Topliss-reactive ketones (excluding diaryl/α,β-unsaturated/α-hetero) is 1. The highest BCUT2D eigenvalue weighted by molar-refractivity contribution is 6.08. The van der Waals surface area contributed by atoms with Crippen molar-refractivity contribution in [1.82, 2.24) is 0 Å². The molecule has 0 spiro atoms. The van der Waals surface area contributed by atoms with Gasteiger partial charge in [0.1, 0.15) is 12.4 Å². The lowest BCUT2D eigenvalue weighted by Crippen LogP contribution is -2.13. The van der Waals surface area contributed by atoms with Crippen LogP contribution in [-0.2, 0) is 0 Å². The van der Waals surface area contributed by atoms with Crippen molar-refractivity contribution in [2.45, 2.75) is 20.0 Å². The second-order valence-electron chi connectivity index (χ2n) is 4.37. The molecule has 18 heavy (non-hydrogen) atoms. The maximum absolute atomic E-state index is 11.6. The van der Waals surface area contributed by atoms with Crippen LogP contribution in [0.1, 0.15) is 24.2 Å². The van der Waals surface area contributed by atoms with Gasteiger partial charge in [-0.3, -0.25) is 4.79 Å². The molecule has 3 nitrogen and oxygen atoms in total. The molecule has 0 bridgehead atoms. The molecule has 2 aromatic carbocycles. The Morgan fingerprint density at radius 1 is 1.22 bits per heavy atom. The Kier molecular flexibility index (Phi) is 3.63. The predicted octanol–water partition coefficient (Wildman–Crippen LogP) is 2.80. The van der Waals surface area contributed by atoms with Crippen LogP contribution in [0, 0.1) is 0 Å². The van der Waals surface area contributed by atoms with Crippen molar-refractivity contribution >= 4 is 16.6 Å². The summed E-state index contributed by atoms with van der Waals surface area (Å²) in [6.45, 7) is 3.47. The number of aliphatic hydroxyl groups is 1. The van der Waals surface area contributed by atoms with Gasteiger partial charge in [-0.1, -0.05) is 24.3 Å². The van der Waals surface area contributed by atoms with Crippen molar-refractivity contribution in [3.8, 4) is 5.75 Å². The molecule has 94 valence electrons. The Labute approximate surface area is 106 Å². The number of hydrogen-bond donors (Lipinski definition) is 1. The summed E-state index contributed by atoms with van der Waals surface area (Å²) in [4.78, 5) is 11.6. The van der Waals surface area contributed by atoms with Crippen molar-refractivity contribution in [3.63, 3.8) is 0 Å². The summed E-state index contributed by atoms with van der Waals surface area (Å²) in [5, 5.41) is 11.0. The minimum atomic E-state index is -0.517. The van der Waals surface area contributed by atoms with Crippen LogP contribution < -0.4 is 4.74 Å². The highest BCUT2D eigenvalue weighted by Crippen LogP contribution is 2.28. The molecule has 1 unspecified atom stereocenters. The van der Waals surface area contributed by atoms with E-state index < -0.39 is 6.10 Å². The van der Waals surface area contributed by atoms with E-state index in [-0.39, 0.29) is 12.4 Å². The number of aliphatic hydroxyl groups excluding tert-OH is 1. The quantitative estimate of drug-likeness (QED) is 0.841. The summed E-state index contributed by atoms with van der Waals surface area (Å²) in [5.41, 5.74) is 0.690. The lowest BCUT2D eigenvalue weighted by atomic mass is 10.0. The second-order valence-corrected chi connectivity index (χ2v) is 4.37. The summed E-state index contributed by atoms with van der Waals surface area (Å²) in [7, 11) is 0. The molecule has 0 amide bonds. The molecule has 0 aliphatic rings. The molecule has 1 atom stereocenters. The van der Waals surface area contributed by atoms with Gasteiger partial charge < -0.3 is 9.84 Å². The fourth-order valence-corrected chi connectivity index (χ4v) is 1.91. The Bertz CT molecular complexity index is 573. The van der Waals surface area contributed by atoms with Gasteiger partial charge in [-0.15, -0.1) is 0 Å². The molecule has 0 aliphatic carbocycles. The predicted molar refractivity (Wildman–Crippen MR) is 71.1 cm³/mol. The van der Waals surface area contributed by atoms with Crippen molar-refractivity contribution in [3.05, 3.63) is 42.0 Å². The molecule has 0 heterocycles. The van der Waals surface area contributed by atoms with E-state index in [0.29, 0.717) is 11.3 Å². The molecule has 0 aliphatic heterocycles.